The summed E-state index contributed by atoms with van der Waals surface area (Å²) >= 11 is 1.59. The van der Waals surface area contributed by atoms with Crippen molar-refractivity contribution in [3.8, 4) is 0 Å². The van der Waals surface area contributed by atoms with Gasteiger partial charge in [0.2, 0.25) is 5.91 Å². The number of sulfone groups is 1. The molecule has 0 unspecified atom stereocenters. The summed E-state index contributed by atoms with van der Waals surface area (Å²) in [4.78, 5) is 13.5. The van der Waals surface area contributed by atoms with E-state index in [1.54, 1.807) is 41.7 Å². The molecule has 0 bridgehead atoms. The standard InChI is InChI=1S/C17H21NO3S2/c1-13(2)17(15-9-6-11-22-15)18-16(19)10-12-23(20,21)14-7-4-3-5-8-14/h3-9,11,13,17H,10,12H2,1-2H3,(H,18,19)/t17-/m1/s1. The first kappa shape index (κ1) is 17.7. The summed E-state index contributed by atoms with van der Waals surface area (Å²) in [6.45, 7) is 4.07. The van der Waals surface area contributed by atoms with Gasteiger partial charge in [-0.25, -0.2) is 8.42 Å². The molecule has 0 aliphatic carbocycles. The SMILES string of the molecule is CC(C)[C@@H](NC(=O)CCS(=O)(=O)c1ccccc1)c1cccs1. The summed E-state index contributed by atoms with van der Waals surface area (Å²) in [6, 6.07) is 12.1. The van der Waals surface area contributed by atoms with Crippen molar-refractivity contribution >= 4 is 27.1 Å². The summed E-state index contributed by atoms with van der Waals surface area (Å²) in [6.07, 6.45) is -0.0359. The first-order valence-corrected chi connectivity index (χ1v) is 10.0. The predicted molar refractivity (Wildman–Crippen MR) is 93.2 cm³/mol. The van der Waals surface area contributed by atoms with Crippen LogP contribution < -0.4 is 5.32 Å². The minimum Gasteiger partial charge on any atom is -0.348 e. The third-order valence-corrected chi connectivity index (χ3v) is 6.22. The summed E-state index contributed by atoms with van der Waals surface area (Å²) in [5.41, 5.74) is 0. The van der Waals surface area contributed by atoms with Crippen LogP contribution in [-0.2, 0) is 14.6 Å². The Morgan fingerprint density at radius 1 is 1.13 bits per heavy atom. The predicted octanol–water partition coefficient (Wildman–Crippen LogP) is 3.43. The highest BCUT2D eigenvalue weighted by molar-refractivity contribution is 7.91. The second-order valence-electron chi connectivity index (χ2n) is 5.69. The van der Waals surface area contributed by atoms with Gasteiger partial charge in [-0.3, -0.25) is 4.79 Å². The van der Waals surface area contributed by atoms with Crippen molar-refractivity contribution in [3.63, 3.8) is 0 Å². The molecular formula is C17H21NO3S2. The average molecular weight is 351 g/mol. The fourth-order valence-corrected chi connectivity index (χ4v) is 4.46. The highest BCUT2D eigenvalue weighted by Gasteiger charge is 2.21. The zero-order valence-corrected chi connectivity index (χ0v) is 14.9. The third kappa shape index (κ3) is 4.91. The Kier molecular flexibility index (Phi) is 5.96. The molecule has 1 heterocycles. The quantitative estimate of drug-likeness (QED) is 0.831. The molecule has 1 aromatic carbocycles. The molecule has 1 aromatic heterocycles. The lowest BCUT2D eigenvalue weighted by Crippen LogP contribution is -2.32. The first-order valence-electron chi connectivity index (χ1n) is 7.51. The Bertz CT molecular complexity index is 722. The van der Waals surface area contributed by atoms with E-state index in [-0.39, 0.29) is 34.9 Å². The molecule has 23 heavy (non-hydrogen) atoms. The molecule has 1 N–H and O–H groups in total. The molecule has 124 valence electrons. The summed E-state index contributed by atoms with van der Waals surface area (Å²) in [5, 5.41) is 4.92. The van der Waals surface area contributed by atoms with Crippen LogP contribution in [0.4, 0.5) is 0 Å². The van der Waals surface area contributed by atoms with Crippen LogP contribution in [0.3, 0.4) is 0 Å². The van der Waals surface area contributed by atoms with Gasteiger partial charge in [-0.05, 0) is 29.5 Å². The van der Waals surface area contributed by atoms with Crippen LogP contribution in [0, 0.1) is 5.92 Å². The summed E-state index contributed by atoms with van der Waals surface area (Å²) < 4.78 is 24.4. The molecule has 1 atom stereocenters. The van der Waals surface area contributed by atoms with E-state index in [0.717, 1.165) is 4.88 Å². The number of rotatable bonds is 7. The van der Waals surface area contributed by atoms with Crippen LogP contribution in [0.5, 0.6) is 0 Å². The fraction of sp³-hybridized carbons (Fsp3) is 0.353. The van der Waals surface area contributed by atoms with E-state index in [1.165, 1.54) is 0 Å². The maximum atomic E-state index is 12.2. The summed E-state index contributed by atoms with van der Waals surface area (Å²) in [5.74, 6) is -0.182. The second kappa shape index (κ2) is 7.75. The van der Waals surface area contributed by atoms with Crippen LogP contribution in [-0.4, -0.2) is 20.1 Å². The van der Waals surface area contributed by atoms with Crippen molar-refractivity contribution in [2.45, 2.75) is 31.2 Å². The second-order valence-corrected chi connectivity index (χ2v) is 8.77. The number of hydrogen-bond acceptors (Lipinski definition) is 4. The number of carbonyl (C=O) groups excluding carboxylic acids is 1. The number of thiophene rings is 1. The van der Waals surface area contributed by atoms with Crippen molar-refractivity contribution in [3.05, 3.63) is 52.7 Å². The Labute approximate surface area is 141 Å². The number of carbonyl (C=O) groups is 1. The Hall–Kier alpha value is -1.66. The average Bonchev–Trinajstić information content (AvgIpc) is 3.05. The molecule has 4 nitrogen and oxygen atoms in total. The van der Waals surface area contributed by atoms with Gasteiger partial charge in [-0.1, -0.05) is 38.1 Å². The van der Waals surface area contributed by atoms with Crippen LogP contribution in [0.15, 0.2) is 52.7 Å². The van der Waals surface area contributed by atoms with Gasteiger partial charge >= 0.3 is 0 Å². The van der Waals surface area contributed by atoms with Gasteiger partial charge in [0.1, 0.15) is 0 Å². The smallest absolute Gasteiger partial charge is 0.221 e. The third-order valence-electron chi connectivity index (χ3n) is 3.53. The van der Waals surface area contributed by atoms with E-state index >= 15 is 0 Å². The number of amides is 1. The lowest BCUT2D eigenvalue weighted by molar-refractivity contribution is -0.121. The van der Waals surface area contributed by atoms with Crippen molar-refractivity contribution in [1.29, 1.82) is 0 Å². The normalized spacial score (nSPS) is 13.0. The van der Waals surface area contributed by atoms with Crippen LogP contribution >= 0.6 is 11.3 Å². The maximum absolute atomic E-state index is 12.2. The molecular weight excluding hydrogens is 330 g/mol. The van der Waals surface area contributed by atoms with Crippen molar-refractivity contribution in [1.82, 2.24) is 5.32 Å². The van der Waals surface area contributed by atoms with E-state index in [4.69, 9.17) is 0 Å². The largest absolute Gasteiger partial charge is 0.348 e. The highest BCUT2D eigenvalue weighted by Crippen LogP contribution is 2.25. The number of benzene rings is 1. The molecule has 0 saturated heterocycles. The van der Waals surface area contributed by atoms with Crippen molar-refractivity contribution < 1.29 is 13.2 Å². The van der Waals surface area contributed by atoms with Gasteiger partial charge in [-0.15, -0.1) is 11.3 Å². The molecule has 2 aromatic rings. The molecule has 0 saturated carbocycles. The van der Waals surface area contributed by atoms with Gasteiger partial charge in [0, 0.05) is 11.3 Å². The molecule has 2 rings (SSSR count). The topological polar surface area (TPSA) is 63.2 Å². The van der Waals surface area contributed by atoms with Gasteiger partial charge in [0.05, 0.1) is 16.7 Å². The van der Waals surface area contributed by atoms with Crippen molar-refractivity contribution in [2.75, 3.05) is 5.75 Å². The van der Waals surface area contributed by atoms with Crippen LogP contribution in [0.25, 0.3) is 0 Å². The zero-order chi connectivity index (χ0) is 16.9. The Morgan fingerprint density at radius 2 is 1.83 bits per heavy atom. The zero-order valence-electron chi connectivity index (χ0n) is 13.2. The lowest BCUT2D eigenvalue weighted by Gasteiger charge is -2.21. The first-order chi connectivity index (χ1) is 10.9. The van der Waals surface area contributed by atoms with Gasteiger partial charge in [0.15, 0.2) is 9.84 Å². The lowest BCUT2D eigenvalue weighted by atomic mass is 10.0. The Balaban J connectivity index is 1.97. The maximum Gasteiger partial charge on any atom is 0.221 e. The highest BCUT2D eigenvalue weighted by atomic mass is 32.2. The molecule has 0 fully saturated rings. The van der Waals surface area contributed by atoms with Crippen LogP contribution in [0.1, 0.15) is 31.2 Å². The molecule has 0 radical (unpaired) electrons. The summed E-state index contributed by atoms with van der Waals surface area (Å²) in [7, 11) is -3.42. The van der Waals surface area contributed by atoms with Crippen molar-refractivity contribution in [2.24, 2.45) is 5.92 Å². The van der Waals surface area contributed by atoms with Gasteiger partial charge in [0.25, 0.3) is 0 Å². The minimum atomic E-state index is -3.42. The van der Waals surface area contributed by atoms with E-state index in [2.05, 4.69) is 5.32 Å². The van der Waals surface area contributed by atoms with E-state index in [1.807, 2.05) is 31.4 Å². The molecule has 0 aliphatic heterocycles. The molecule has 6 heteroatoms. The van der Waals surface area contributed by atoms with E-state index in [9.17, 15) is 13.2 Å². The minimum absolute atomic E-state index is 0.0359. The van der Waals surface area contributed by atoms with Gasteiger partial charge < -0.3 is 5.32 Å². The van der Waals surface area contributed by atoms with E-state index in [0.29, 0.717) is 0 Å². The molecule has 0 spiro atoms. The van der Waals surface area contributed by atoms with E-state index < -0.39 is 9.84 Å². The fourth-order valence-electron chi connectivity index (χ4n) is 2.25. The van der Waals surface area contributed by atoms with Gasteiger partial charge in [-0.2, -0.15) is 0 Å². The molecule has 1 amide bonds. The number of hydrogen-bond donors (Lipinski definition) is 1. The molecule has 0 aliphatic rings. The Morgan fingerprint density at radius 3 is 2.39 bits per heavy atom. The number of nitrogens with one attached hydrogen (secondary N) is 1. The monoisotopic (exact) mass is 351 g/mol. The van der Waals surface area contributed by atoms with Crippen LogP contribution in [0.2, 0.25) is 0 Å².